The van der Waals surface area contributed by atoms with E-state index in [1.807, 2.05) is 30.3 Å². The quantitative estimate of drug-likeness (QED) is 0.603. The summed E-state index contributed by atoms with van der Waals surface area (Å²) in [5.74, 6) is -0.800. The van der Waals surface area contributed by atoms with Gasteiger partial charge in [-0.25, -0.2) is 5.01 Å². The van der Waals surface area contributed by atoms with E-state index in [1.165, 1.54) is 12.1 Å². The third-order valence-electron chi connectivity index (χ3n) is 2.88. The maximum atomic E-state index is 12.1. The maximum absolute atomic E-state index is 12.1. The molecule has 6 nitrogen and oxygen atoms in total. The molecular weight excluding hydrogens is 260 g/mol. The Hall–Kier alpha value is -2.21. The normalized spacial score (nSPS) is 19.4. The molecule has 1 aromatic carbocycles. The topological polar surface area (TPSA) is 68.2 Å². The second-order valence-electron chi connectivity index (χ2n) is 4.26. The van der Waals surface area contributed by atoms with Gasteiger partial charge in [-0.15, -0.1) is 0 Å². The highest BCUT2D eigenvalue weighted by atomic mass is 16.5. The first-order chi connectivity index (χ1) is 9.70. The van der Waals surface area contributed by atoms with Gasteiger partial charge in [-0.2, -0.15) is 5.10 Å². The standard InChI is InChI=1S/C14H16N2O4/c1-19-13(17)9-12-14(18)16(7-8-20-12)15-10-11-5-3-2-4-6-11/h2-6,10,12H,7-9H2,1H3/b15-10+/t12-/m1/s1. The highest BCUT2D eigenvalue weighted by molar-refractivity contribution is 5.87. The summed E-state index contributed by atoms with van der Waals surface area (Å²) in [7, 11) is 1.28. The molecule has 1 saturated heterocycles. The molecule has 1 aliphatic rings. The van der Waals surface area contributed by atoms with Gasteiger partial charge in [-0.1, -0.05) is 30.3 Å². The van der Waals surface area contributed by atoms with Crippen LogP contribution in [-0.4, -0.2) is 49.5 Å². The molecule has 0 spiro atoms. The summed E-state index contributed by atoms with van der Waals surface area (Å²) < 4.78 is 9.82. The fourth-order valence-corrected chi connectivity index (χ4v) is 1.80. The molecule has 2 rings (SSSR count). The number of morpholine rings is 1. The zero-order valence-corrected chi connectivity index (χ0v) is 11.2. The van der Waals surface area contributed by atoms with Crippen LogP contribution < -0.4 is 0 Å². The molecule has 0 radical (unpaired) electrons. The summed E-state index contributed by atoms with van der Waals surface area (Å²) in [5.41, 5.74) is 0.899. The second-order valence-corrected chi connectivity index (χ2v) is 4.26. The van der Waals surface area contributed by atoms with Crippen LogP contribution in [0.4, 0.5) is 0 Å². The Morgan fingerprint density at radius 3 is 2.95 bits per heavy atom. The molecule has 1 aliphatic heterocycles. The third-order valence-corrected chi connectivity index (χ3v) is 2.88. The fourth-order valence-electron chi connectivity index (χ4n) is 1.80. The van der Waals surface area contributed by atoms with Gasteiger partial charge in [0.1, 0.15) is 6.10 Å². The zero-order valence-electron chi connectivity index (χ0n) is 11.2. The van der Waals surface area contributed by atoms with Crippen LogP contribution in [-0.2, 0) is 19.1 Å². The number of hydrogen-bond acceptors (Lipinski definition) is 5. The Kier molecular flexibility index (Phi) is 4.84. The van der Waals surface area contributed by atoms with Crippen LogP contribution in [0.25, 0.3) is 0 Å². The van der Waals surface area contributed by atoms with Crippen LogP contribution in [0.15, 0.2) is 35.4 Å². The lowest BCUT2D eigenvalue weighted by Crippen LogP contribution is -2.46. The molecule has 1 aromatic rings. The largest absolute Gasteiger partial charge is 0.469 e. The molecule has 0 aromatic heterocycles. The molecule has 0 aliphatic carbocycles. The SMILES string of the molecule is COC(=O)C[C@H]1OCCN(/N=C/c2ccccc2)C1=O. The summed E-state index contributed by atoms with van der Waals surface area (Å²) in [6, 6.07) is 9.47. The highest BCUT2D eigenvalue weighted by Crippen LogP contribution is 2.11. The Balaban J connectivity index is 2.00. The van der Waals surface area contributed by atoms with Crippen LogP contribution in [0.2, 0.25) is 0 Å². The van der Waals surface area contributed by atoms with Crippen molar-refractivity contribution in [3.8, 4) is 0 Å². The number of hydrogen-bond donors (Lipinski definition) is 0. The average molecular weight is 276 g/mol. The van der Waals surface area contributed by atoms with Crippen molar-refractivity contribution in [3.63, 3.8) is 0 Å². The summed E-state index contributed by atoms with van der Waals surface area (Å²) >= 11 is 0. The lowest BCUT2D eigenvalue weighted by molar-refractivity contribution is -0.160. The Morgan fingerprint density at radius 2 is 2.25 bits per heavy atom. The molecule has 1 fully saturated rings. The van der Waals surface area contributed by atoms with Crippen molar-refractivity contribution < 1.29 is 19.1 Å². The summed E-state index contributed by atoms with van der Waals surface area (Å²) in [6.45, 7) is 0.722. The van der Waals surface area contributed by atoms with Gasteiger partial charge in [-0.3, -0.25) is 9.59 Å². The number of amides is 1. The van der Waals surface area contributed by atoms with E-state index in [-0.39, 0.29) is 12.3 Å². The van der Waals surface area contributed by atoms with Gasteiger partial charge in [0.15, 0.2) is 0 Å². The van der Waals surface area contributed by atoms with E-state index in [4.69, 9.17) is 4.74 Å². The Morgan fingerprint density at radius 1 is 1.50 bits per heavy atom. The van der Waals surface area contributed by atoms with E-state index in [0.717, 1.165) is 5.56 Å². The monoisotopic (exact) mass is 276 g/mol. The molecule has 0 saturated carbocycles. The maximum Gasteiger partial charge on any atom is 0.308 e. The van der Waals surface area contributed by atoms with Crippen molar-refractivity contribution >= 4 is 18.1 Å². The number of carbonyl (C=O) groups excluding carboxylic acids is 2. The van der Waals surface area contributed by atoms with Gasteiger partial charge in [0, 0.05) is 0 Å². The molecule has 0 bridgehead atoms. The number of hydrazone groups is 1. The fraction of sp³-hybridized carbons (Fsp3) is 0.357. The van der Waals surface area contributed by atoms with Crippen molar-refractivity contribution in [2.45, 2.75) is 12.5 Å². The van der Waals surface area contributed by atoms with Gasteiger partial charge in [0.2, 0.25) is 0 Å². The van der Waals surface area contributed by atoms with Gasteiger partial charge in [-0.05, 0) is 5.56 Å². The first-order valence-corrected chi connectivity index (χ1v) is 6.29. The predicted molar refractivity (Wildman–Crippen MR) is 72.1 cm³/mol. The smallest absolute Gasteiger partial charge is 0.308 e. The van der Waals surface area contributed by atoms with E-state index in [0.29, 0.717) is 13.2 Å². The van der Waals surface area contributed by atoms with Crippen LogP contribution in [0, 0.1) is 0 Å². The Labute approximate surface area is 117 Å². The summed E-state index contributed by atoms with van der Waals surface area (Å²) in [6.07, 6.45) is 0.703. The van der Waals surface area contributed by atoms with Crippen LogP contribution in [0.3, 0.4) is 0 Å². The molecule has 106 valence electrons. The number of methoxy groups -OCH3 is 1. The highest BCUT2D eigenvalue weighted by Gasteiger charge is 2.31. The zero-order chi connectivity index (χ0) is 14.4. The molecule has 20 heavy (non-hydrogen) atoms. The molecule has 1 amide bonds. The van der Waals surface area contributed by atoms with Crippen molar-refractivity contribution in [1.29, 1.82) is 0 Å². The van der Waals surface area contributed by atoms with E-state index in [1.54, 1.807) is 6.21 Å². The lowest BCUT2D eigenvalue weighted by Gasteiger charge is -2.28. The van der Waals surface area contributed by atoms with Crippen LogP contribution in [0.5, 0.6) is 0 Å². The van der Waals surface area contributed by atoms with E-state index in [2.05, 4.69) is 9.84 Å². The number of benzene rings is 1. The van der Waals surface area contributed by atoms with Gasteiger partial charge in [0.05, 0.1) is 32.9 Å². The molecule has 6 heteroatoms. The first kappa shape index (κ1) is 14.2. The summed E-state index contributed by atoms with van der Waals surface area (Å²) in [4.78, 5) is 23.3. The number of carbonyl (C=O) groups is 2. The van der Waals surface area contributed by atoms with Gasteiger partial charge in [0.25, 0.3) is 5.91 Å². The predicted octanol–water partition coefficient (Wildman–Crippen LogP) is 0.811. The van der Waals surface area contributed by atoms with Crippen LogP contribution >= 0.6 is 0 Å². The minimum absolute atomic E-state index is 0.0906. The average Bonchev–Trinajstić information content (AvgIpc) is 2.49. The number of rotatable bonds is 4. The summed E-state index contributed by atoms with van der Waals surface area (Å²) in [5, 5.41) is 5.47. The van der Waals surface area contributed by atoms with Crippen molar-refractivity contribution in [3.05, 3.63) is 35.9 Å². The van der Waals surface area contributed by atoms with Crippen LogP contribution in [0.1, 0.15) is 12.0 Å². The van der Waals surface area contributed by atoms with Crippen molar-refractivity contribution in [1.82, 2.24) is 5.01 Å². The van der Waals surface area contributed by atoms with E-state index < -0.39 is 12.1 Å². The van der Waals surface area contributed by atoms with Gasteiger partial charge < -0.3 is 9.47 Å². The molecular formula is C14H16N2O4. The molecule has 0 N–H and O–H groups in total. The molecule has 0 unspecified atom stereocenters. The van der Waals surface area contributed by atoms with Crippen molar-refractivity contribution in [2.24, 2.45) is 5.10 Å². The number of nitrogens with zero attached hydrogens (tertiary/aromatic N) is 2. The minimum atomic E-state index is -0.816. The molecule has 1 atom stereocenters. The van der Waals surface area contributed by atoms with E-state index in [9.17, 15) is 9.59 Å². The second kappa shape index (κ2) is 6.81. The van der Waals surface area contributed by atoms with Gasteiger partial charge >= 0.3 is 5.97 Å². The third kappa shape index (κ3) is 3.64. The lowest BCUT2D eigenvalue weighted by atomic mass is 10.2. The van der Waals surface area contributed by atoms with Crippen molar-refractivity contribution in [2.75, 3.05) is 20.3 Å². The van der Waals surface area contributed by atoms with E-state index >= 15 is 0 Å². The Bertz CT molecular complexity index is 501. The number of esters is 1. The number of ether oxygens (including phenoxy) is 2. The molecule has 1 heterocycles. The first-order valence-electron chi connectivity index (χ1n) is 6.29. The minimum Gasteiger partial charge on any atom is -0.469 e.